The molecule has 67 heavy (non-hydrogen) atoms. The standard InChI is InChI=1S/C54H72Cl2N8O3/c1-11-13-37-25-47-53(12-2)50(37)61(7)33(3)28-57-46-27-41(24-35-14-19-39(55)20-15-35)62(8)51-43(32-66-10)59-49(54(46,51)52(53)65)34(4)64(47)30-38-16-21-40(56)26-45(38)67-42-22-17-36(18-23-42)44-29-58-48(63(44)9)31-60(5)6/h11,14-23,26,29,33-34,37,41,43,46-47,49-51,57,59H,1,12-13,24-25,27-28,30-32H2,2-10H3/t33-,34-,37+,41-,43+,46?,47?,49?,50?,51?,53?,54?/m0/s1. The van der Waals surface area contributed by atoms with Crippen LogP contribution in [-0.2, 0) is 36.1 Å². The van der Waals surface area contributed by atoms with Gasteiger partial charge in [0, 0.05) is 103 Å². The topological polar surface area (TPSA) is 90.4 Å². The highest BCUT2D eigenvalue weighted by Crippen LogP contribution is 2.63. The Balaban J connectivity index is 1.14. The molecule has 7 unspecified atom stereocenters. The molecular formula is C54H72Cl2N8O3. The van der Waals surface area contributed by atoms with E-state index in [0.717, 1.165) is 78.6 Å². The summed E-state index contributed by atoms with van der Waals surface area (Å²) >= 11 is 13.2. The number of carbonyl (C=O) groups is 1. The van der Waals surface area contributed by atoms with E-state index in [0.29, 0.717) is 29.7 Å². The number of nitrogens with zero attached hydrogens (tertiary/aromatic N) is 6. The highest BCUT2D eigenvalue weighted by Gasteiger charge is 2.77. The summed E-state index contributed by atoms with van der Waals surface area (Å²) in [7, 11) is 12.5. The number of aromatic nitrogens is 2. The third-order valence-corrected chi connectivity index (χ3v) is 17.6. The Morgan fingerprint density at radius 2 is 1.70 bits per heavy atom. The number of imidazole rings is 1. The number of carbonyl (C=O) groups excluding carboxylic acids is 1. The van der Waals surface area contributed by atoms with Gasteiger partial charge in [0.25, 0.3) is 0 Å². The fourth-order valence-electron chi connectivity index (χ4n) is 14.0. The minimum absolute atomic E-state index is 0.0171. The zero-order chi connectivity index (χ0) is 47.5. The van der Waals surface area contributed by atoms with Gasteiger partial charge in [-0.05, 0) is 134 Å². The van der Waals surface area contributed by atoms with Gasteiger partial charge in [0.2, 0.25) is 0 Å². The minimum Gasteiger partial charge on any atom is -0.457 e. The maximum atomic E-state index is 17.2. The van der Waals surface area contributed by atoms with E-state index in [2.05, 4.69) is 134 Å². The molecule has 0 radical (unpaired) electrons. The van der Waals surface area contributed by atoms with Gasteiger partial charge in [-0.1, -0.05) is 54.4 Å². The molecule has 4 saturated heterocycles. The van der Waals surface area contributed by atoms with E-state index in [1.807, 2.05) is 42.6 Å². The van der Waals surface area contributed by atoms with E-state index >= 15 is 4.79 Å². The maximum Gasteiger partial charge on any atom is 0.153 e. The number of likely N-dealkylation sites (tertiary alicyclic amines) is 2. The van der Waals surface area contributed by atoms with Crippen molar-refractivity contribution in [3.05, 3.63) is 113 Å². The number of nitrogens with one attached hydrogen (secondary N) is 2. The van der Waals surface area contributed by atoms with Crippen LogP contribution in [-0.4, -0.2) is 138 Å². The summed E-state index contributed by atoms with van der Waals surface area (Å²) in [6, 6.07) is 22.5. The molecule has 4 aliphatic heterocycles. The summed E-state index contributed by atoms with van der Waals surface area (Å²) in [5.41, 5.74) is 2.96. The first-order valence-electron chi connectivity index (χ1n) is 24.5. The summed E-state index contributed by atoms with van der Waals surface area (Å²) in [5.74, 6) is 3.12. The molecule has 9 rings (SSSR count). The first-order chi connectivity index (χ1) is 32.2. The van der Waals surface area contributed by atoms with Crippen LogP contribution in [0.3, 0.4) is 0 Å². The molecule has 5 heterocycles. The Bertz CT molecular complexity index is 2410. The fraction of sp³-hybridized carbons (Fsp3) is 0.556. The molecule has 5 fully saturated rings. The zero-order valence-electron chi connectivity index (χ0n) is 41.0. The van der Waals surface area contributed by atoms with Gasteiger partial charge in [0.1, 0.15) is 17.3 Å². The molecule has 4 aromatic rings. The van der Waals surface area contributed by atoms with E-state index in [4.69, 9.17) is 37.7 Å². The number of hydrogen-bond acceptors (Lipinski definition) is 10. The average molecular weight is 952 g/mol. The van der Waals surface area contributed by atoms with Crippen LogP contribution in [0.4, 0.5) is 0 Å². The molecule has 2 bridgehead atoms. The van der Waals surface area contributed by atoms with E-state index in [9.17, 15) is 0 Å². The van der Waals surface area contributed by atoms with Crippen LogP contribution in [0.1, 0.15) is 63.4 Å². The van der Waals surface area contributed by atoms with E-state index in [1.54, 1.807) is 7.11 Å². The van der Waals surface area contributed by atoms with Crippen molar-refractivity contribution in [2.45, 2.75) is 120 Å². The molecule has 360 valence electrons. The van der Waals surface area contributed by atoms with Crippen LogP contribution in [0, 0.1) is 16.7 Å². The second-order valence-electron chi connectivity index (χ2n) is 20.8. The molecule has 1 aliphatic carbocycles. The van der Waals surface area contributed by atoms with Crippen LogP contribution in [0.15, 0.2) is 85.6 Å². The van der Waals surface area contributed by atoms with Gasteiger partial charge in [0.15, 0.2) is 5.78 Å². The number of halogens is 2. The Morgan fingerprint density at radius 1 is 0.970 bits per heavy atom. The van der Waals surface area contributed by atoms with Gasteiger partial charge in [-0.2, -0.15) is 0 Å². The van der Waals surface area contributed by atoms with Crippen molar-refractivity contribution >= 4 is 29.0 Å². The molecule has 0 amide bonds. The molecule has 13 heteroatoms. The quantitative estimate of drug-likeness (QED) is 0.120. The first kappa shape index (κ1) is 48.4. The summed E-state index contributed by atoms with van der Waals surface area (Å²) in [6.45, 7) is 14.0. The first-order valence-corrected chi connectivity index (χ1v) is 25.2. The van der Waals surface area contributed by atoms with Crippen LogP contribution in [0.25, 0.3) is 11.3 Å². The third-order valence-electron chi connectivity index (χ3n) is 17.1. The zero-order valence-corrected chi connectivity index (χ0v) is 42.5. The lowest BCUT2D eigenvalue weighted by Gasteiger charge is -2.57. The second kappa shape index (κ2) is 19.3. The molecule has 2 N–H and O–H groups in total. The Hall–Kier alpha value is -3.62. The summed E-state index contributed by atoms with van der Waals surface area (Å²) in [4.78, 5) is 31.9. The fourth-order valence-corrected chi connectivity index (χ4v) is 14.3. The van der Waals surface area contributed by atoms with Crippen molar-refractivity contribution in [1.82, 2.24) is 39.8 Å². The molecule has 12 atom stereocenters. The number of ketones is 1. The van der Waals surface area contributed by atoms with Crippen molar-refractivity contribution < 1.29 is 14.3 Å². The van der Waals surface area contributed by atoms with Crippen LogP contribution < -0.4 is 15.4 Å². The van der Waals surface area contributed by atoms with Gasteiger partial charge >= 0.3 is 0 Å². The Kier molecular flexibility index (Phi) is 13.9. The number of rotatable bonds is 14. The van der Waals surface area contributed by atoms with Crippen LogP contribution in [0.2, 0.25) is 10.0 Å². The van der Waals surface area contributed by atoms with Crippen molar-refractivity contribution in [2.75, 3.05) is 48.5 Å². The van der Waals surface area contributed by atoms with Crippen LogP contribution >= 0.6 is 23.2 Å². The number of Topliss-reactive ketones (excluding diaryl/α,β-unsaturated/α-hetero) is 1. The molecule has 11 nitrogen and oxygen atoms in total. The minimum atomic E-state index is -0.759. The lowest BCUT2D eigenvalue weighted by Crippen LogP contribution is -2.73. The molecule has 1 spiro atoms. The molecular weight excluding hydrogens is 880 g/mol. The van der Waals surface area contributed by atoms with Crippen molar-refractivity contribution in [2.24, 2.45) is 23.8 Å². The number of benzene rings is 3. The Labute approximate surface area is 409 Å². The number of piperidine rings is 1. The molecule has 1 saturated carbocycles. The number of ether oxygens (including phenoxy) is 2. The largest absolute Gasteiger partial charge is 0.457 e. The predicted octanol–water partition coefficient (Wildman–Crippen LogP) is 8.33. The number of methoxy groups -OCH3 is 1. The van der Waals surface area contributed by atoms with Gasteiger partial charge in [-0.25, -0.2) is 4.98 Å². The lowest BCUT2D eigenvalue weighted by atomic mass is 9.54. The van der Waals surface area contributed by atoms with Crippen molar-refractivity contribution in [1.29, 1.82) is 0 Å². The molecule has 1 aromatic heterocycles. The predicted molar refractivity (Wildman–Crippen MR) is 270 cm³/mol. The second-order valence-corrected chi connectivity index (χ2v) is 21.7. The Morgan fingerprint density at radius 3 is 2.39 bits per heavy atom. The van der Waals surface area contributed by atoms with Crippen molar-refractivity contribution in [3.8, 4) is 22.8 Å². The van der Waals surface area contributed by atoms with E-state index < -0.39 is 10.8 Å². The molecule has 3 aromatic carbocycles. The highest BCUT2D eigenvalue weighted by atomic mass is 35.5. The molecule has 5 aliphatic rings. The van der Waals surface area contributed by atoms with Gasteiger partial charge in [-0.3, -0.25) is 19.5 Å². The SMILES string of the molecule is C=CC[C@@H]1CC2N(Cc3ccc(Cl)cc3Oc3ccc(-c4cnc(CN(C)C)n4C)cc3)[C@@H](C)C3N[C@H](COC)C4N(C)[C@@H](Cc5ccc(Cl)cc5)CC5NC[C@H](C)N(C)C1C2(CC)C(=O)C534. The summed E-state index contributed by atoms with van der Waals surface area (Å²) in [6.07, 6.45) is 8.22. The van der Waals surface area contributed by atoms with Gasteiger partial charge in [-0.15, -0.1) is 6.58 Å². The smallest absolute Gasteiger partial charge is 0.153 e. The maximum absolute atomic E-state index is 17.2. The summed E-state index contributed by atoms with van der Waals surface area (Å²) < 4.78 is 15.1. The van der Waals surface area contributed by atoms with Gasteiger partial charge < -0.3 is 29.6 Å². The van der Waals surface area contributed by atoms with Gasteiger partial charge in [0.05, 0.1) is 35.9 Å². The van der Waals surface area contributed by atoms with E-state index in [1.165, 1.54) is 5.56 Å². The van der Waals surface area contributed by atoms with E-state index in [-0.39, 0.29) is 60.3 Å². The normalized spacial score (nSPS) is 33.3. The number of allylic oxidation sites excluding steroid dienone is 1. The van der Waals surface area contributed by atoms with Crippen LogP contribution in [0.5, 0.6) is 11.5 Å². The number of hydrogen-bond donors (Lipinski definition) is 2. The highest BCUT2D eigenvalue weighted by molar-refractivity contribution is 6.31. The summed E-state index contributed by atoms with van der Waals surface area (Å²) in [5, 5.41) is 9.75. The average Bonchev–Trinajstić information content (AvgIpc) is 3.95. The number of likely N-dealkylation sites (N-methyl/N-ethyl adjacent to an activating group) is 2. The lowest BCUT2D eigenvalue weighted by molar-refractivity contribution is -0.154. The third kappa shape index (κ3) is 8.22. The van der Waals surface area contributed by atoms with Crippen molar-refractivity contribution in [3.63, 3.8) is 0 Å². The monoisotopic (exact) mass is 951 g/mol.